The van der Waals surface area contributed by atoms with Crippen molar-refractivity contribution in [2.45, 2.75) is 46.1 Å². The molecule has 0 amide bonds. The average Bonchev–Trinajstić information content (AvgIpc) is 2.33. The Hall–Kier alpha value is -1.32. The summed E-state index contributed by atoms with van der Waals surface area (Å²) in [4.78, 5) is 8.77. The minimum absolute atomic E-state index is 0.551. The zero-order chi connectivity index (χ0) is 13.1. The van der Waals surface area contributed by atoms with E-state index >= 15 is 0 Å². The number of aromatic nitrogens is 2. The van der Waals surface area contributed by atoms with Gasteiger partial charge in [-0.05, 0) is 38.0 Å². The molecule has 1 aliphatic rings. The van der Waals surface area contributed by atoms with Crippen LogP contribution in [-0.4, -0.2) is 23.1 Å². The predicted octanol–water partition coefficient (Wildman–Crippen LogP) is 3.06. The summed E-state index contributed by atoms with van der Waals surface area (Å²) in [5.74, 6) is 3.28. The van der Waals surface area contributed by atoms with Crippen LogP contribution in [0.4, 0.5) is 11.8 Å². The first kappa shape index (κ1) is 13.1. The maximum Gasteiger partial charge on any atom is 0.224 e. The number of aryl methyl sites for hydroxylation is 1. The van der Waals surface area contributed by atoms with Crippen molar-refractivity contribution in [3.8, 4) is 0 Å². The molecule has 18 heavy (non-hydrogen) atoms. The molecule has 0 spiro atoms. The van der Waals surface area contributed by atoms with Crippen LogP contribution in [0.15, 0.2) is 6.07 Å². The molecule has 0 bridgehead atoms. The lowest BCUT2D eigenvalue weighted by Gasteiger charge is -2.32. The van der Waals surface area contributed by atoms with E-state index in [4.69, 9.17) is 0 Å². The van der Waals surface area contributed by atoms with E-state index < -0.39 is 0 Å². The Morgan fingerprint density at radius 2 is 1.94 bits per heavy atom. The van der Waals surface area contributed by atoms with Crippen molar-refractivity contribution in [1.29, 1.82) is 0 Å². The monoisotopic (exact) mass is 248 g/mol. The number of anilines is 2. The fourth-order valence-corrected chi connectivity index (χ4v) is 2.64. The van der Waals surface area contributed by atoms with Gasteiger partial charge in [-0.15, -0.1) is 0 Å². The van der Waals surface area contributed by atoms with E-state index in [2.05, 4.69) is 34.4 Å². The summed E-state index contributed by atoms with van der Waals surface area (Å²) in [5, 5.41) is 6.56. The molecule has 3 unspecified atom stereocenters. The smallest absolute Gasteiger partial charge is 0.224 e. The van der Waals surface area contributed by atoms with Crippen molar-refractivity contribution in [2.75, 3.05) is 17.7 Å². The Balaban J connectivity index is 2.03. The van der Waals surface area contributed by atoms with E-state index in [1.54, 1.807) is 0 Å². The lowest BCUT2D eigenvalue weighted by Crippen LogP contribution is -2.30. The molecule has 3 atom stereocenters. The van der Waals surface area contributed by atoms with Crippen molar-refractivity contribution in [3.63, 3.8) is 0 Å². The summed E-state index contributed by atoms with van der Waals surface area (Å²) < 4.78 is 0. The third kappa shape index (κ3) is 3.12. The number of rotatable bonds is 3. The summed E-state index contributed by atoms with van der Waals surface area (Å²) >= 11 is 0. The highest BCUT2D eigenvalue weighted by molar-refractivity contribution is 5.42. The highest BCUT2D eigenvalue weighted by atomic mass is 15.1. The van der Waals surface area contributed by atoms with E-state index in [0.717, 1.165) is 23.3 Å². The summed E-state index contributed by atoms with van der Waals surface area (Å²) in [7, 11) is 1.85. The van der Waals surface area contributed by atoms with Gasteiger partial charge in [0.1, 0.15) is 5.82 Å². The third-order valence-electron chi connectivity index (χ3n) is 4.03. The van der Waals surface area contributed by atoms with E-state index in [1.165, 1.54) is 19.3 Å². The minimum atomic E-state index is 0.551. The Morgan fingerprint density at radius 3 is 2.61 bits per heavy atom. The molecule has 100 valence electrons. The van der Waals surface area contributed by atoms with Crippen LogP contribution in [0.2, 0.25) is 0 Å². The van der Waals surface area contributed by atoms with Crippen molar-refractivity contribution in [2.24, 2.45) is 11.8 Å². The van der Waals surface area contributed by atoms with E-state index in [-0.39, 0.29) is 0 Å². The fraction of sp³-hybridized carbons (Fsp3) is 0.714. The maximum absolute atomic E-state index is 4.46. The van der Waals surface area contributed by atoms with Gasteiger partial charge in [0.2, 0.25) is 5.95 Å². The Kier molecular flexibility index (Phi) is 4.04. The highest BCUT2D eigenvalue weighted by Gasteiger charge is 2.24. The van der Waals surface area contributed by atoms with Gasteiger partial charge in [0.15, 0.2) is 0 Å². The predicted molar refractivity (Wildman–Crippen MR) is 75.9 cm³/mol. The van der Waals surface area contributed by atoms with Gasteiger partial charge < -0.3 is 10.6 Å². The summed E-state index contributed by atoms with van der Waals surface area (Å²) in [5.41, 5.74) is 0.995. The molecule has 1 aromatic heterocycles. The Morgan fingerprint density at radius 1 is 1.17 bits per heavy atom. The minimum Gasteiger partial charge on any atom is -0.367 e. The second kappa shape index (κ2) is 5.55. The van der Waals surface area contributed by atoms with Crippen molar-refractivity contribution < 1.29 is 0 Å². The molecule has 1 aliphatic carbocycles. The van der Waals surface area contributed by atoms with Gasteiger partial charge in [0.05, 0.1) is 0 Å². The van der Waals surface area contributed by atoms with E-state index in [0.29, 0.717) is 12.0 Å². The number of nitrogens with one attached hydrogen (secondary N) is 2. The van der Waals surface area contributed by atoms with Gasteiger partial charge in [-0.1, -0.05) is 13.8 Å². The first-order chi connectivity index (χ1) is 8.58. The normalized spacial score (nSPS) is 27.9. The number of hydrogen-bond acceptors (Lipinski definition) is 4. The first-order valence-electron chi connectivity index (χ1n) is 6.88. The standard InChI is InChI=1S/C14H24N4/c1-9-5-6-12(7-10(9)2)17-13-8-11(3)16-14(15-4)18-13/h8-10,12H,5-7H2,1-4H3,(H2,15,16,17,18). The van der Waals surface area contributed by atoms with Crippen LogP contribution < -0.4 is 10.6 Å². The van der Waals surface area contributed by atoms with Crippen LogP contribution in [0.3, 0.4) is 0 Å². The summed E-state index contributed by atoms with van der Waals surface area (Å²) in [6.07, 6.45) is 3.78. The summed E-state index contributed by atoms with van der Waals surface area (Å²) in [6.45, 7) is 6.71. The van der Waals surface area contributed by atoms with Gasteiger partial charge in [0, 0.05) is 24.8 Å². The molecule has 1 fully saturated rings. The van der Waals surface area contributed by atoms with Gasteiger partial charge in [-0.3, -0.25) is 0 Å². The van der Waals surface area contributed by atoms with Crippen LogP contribution >= 0.6 is 0 Å². The topological polar surface area (TPSA) is 49.8 Å². The second-order valence-electron chi connectivity index (χ2n) is 5.58. The van der Waals surface area contributed by atoms with Crippen LogP contribution in [-0.2, 0) is 0 Å². The average molecular weight is 248 g/mol. The van der Waals surface area contributed by atoms with Gasteiger partial charge in [0.25, 0.3) is 0 Å². The highest BCUT2D eigenvalue weighted by Crippen LogP contribution is 2.30. The molecule has 1 heterocycles. The molecule has 1 aromatic rings. The second-order valence-corrected chi connectivity index (χ2v) is 5.58. The molecule has 0 saturated heterocycles. The van der Waals surface area contributed by atoms with Crippen LogP contribution in [0.1, 0.15) is 38.8 Å². The molecule has 0 aromatic carbocycles. The third-order valence-corrected chi connectivity index (χ3v) is 4.03. The largest absolute Gasteiger partial charge is 0.367 e. The van der Waals surface area contributed by atoms with Gasteiger partial charge in [-0.2, -0.15) is 4.98 Å². The van der Waals surface area contributed by atoms with E-state index in [1.807, 2.05) is 20.0 Å². The zero-order valence-electron chi connectivity index (χ0n) is 11.8. The molecule has 4 heteroatoms. The molecule has 0 radical (unpaired) electrons. The molecule has 0 aliphatic heterocycles. The van der Waals surface area contributed by atoms with Crippen LogP contribution in [0.25, 0.3) is 0 Å². The Bertz CT molecular complexity index is 405. The number of nitrogens with zero attached hydrogens (tertiary/aromatic N) is 2. The lowest BCUT2D eigenvalue weighted by atomic mass is 9.79. The molecule has 4 nitrogen and oxygen atoms in total. The van der Waals surface area contributed by atoms with E-state index in [9.17, 15) is 0 Å². The first-order valence-corrected chi connectivity index (χ1v) is 6.88. The van der Waals surface area contributed by atoms with Crippen molar-refractivity contribution in [3.05, 3.63) is 11.8 Å². The maximum atomic E-state index is 4.46. The zero-order valence-corrected chi connectivity index (χ0v) is 11.8. The molecule has 2 rings (SSSR count). The number of hydrogen-bond donors (Lipinski definition) is 2. The molecule has 1 saturated carbocycles. The van der Waals surface area contributed by atoms with Crippen LogP contribution in [0, 0.1) is 18.8 Å². The van der Waals surface area contributed by atoms with Crippen molar-refractivity contribution >= 4 is 11.8 Å². The van der Waals surface area contributed by atoms with Crippen molar-refractivity contribution in [1.82, 2.24) is 9.97 Å². The lowest BCUT2D eigenvalue weighted by molar-refractivity contribution is 0.260. The van der Waals surface area contributed by atoms with Gasteiger partial charge in [-0.25, -0.2) is 4.98 Å². The fourth-order valence-electron chi connectivity index (χ4n) is 2.64. The summed E-state index contributed by atoms with van der Waals surface area (Å²) in [6, 6.07) is 2.57. The Labute approximate surface area is 110 Å². The SMILES string of the molecule is CNc1nc(C)cc(NC2CCC(C)C(C)C2)n1. The van der Waals surface area contributed by atoms with Gasteiger partial charge >= 0.3 is 0 Å². The molecule has 2 N–H and O–H groups in total. The quantitative estimate of drug-likeness (QED) is 0.863. The molecular weight excluding hydrogens is 224 g/mol. The molecular formula is C14H24N4. The van der Waals surface area contributed by atoms with Crippen LogP contribution in [0.5, 0.6) is 0 Å².